The Kier molecular flexibility index (Phi) is 5.80. The molecule has 1 atom stereocenters. The predicted octanol–water partition coefficient (Wildman–Crippen LogP) is 4.95. The van der Waals surface area contributed by atoms with Gasteiger partial charge in [0.2, 0.25) is 0 Å². The number of aliphatic imine (C=N–C) groups is 1. The molecule has 2 fully saturated rings. The molecule has 32 heavy (non-hydrogen) atoms. The van der Waals surface area contributed by atoms with Gasteiger partial charge in [-0.25, -0.2) is 4.99 Å². The number of amides is 1. The second-order valence-corrected chi connectivity index (χ2v) is 8.79. The van der Waals surface area contributed by atoms with Gasteiger partial charge in [-0.3, -0.25) is 9.69 Å². The van der Waals surface area contributed by atoms with Crippen molar-refractivity contribution in [3.8, 4) is 6.07 Å². The lowest BCUT2D eigenvalue weighted by Crippen LogP contribution is -2.36. The molecule has 0 radical (unpaired) electrons. The lowest BCUT2D eigenvalue weighted by Gasteiger charge is -2.19. The summed E-state index contributed by atoms with van der Waals surface area (Å²) >= 11 is 1.39. The van der Waals surface area contributed by atoms with Crippen molar-refractivity contribution in [2.75, 3.05) is 13.2 Å². The Hall–Kier alpha value is -3.34. The SMILES string of the molecule is N#CCn1cc(C=C2SC(=Nc3ccccc3)N(CC3CCCO3)C2=O)c2ccccc21. The number of rotatable bonds is 5. The van der Waals surface area contributed by atoms with Crippen LogP contribution >= 0.6 is 11.8 Å². The topological polar surface area (TPSA) is 70.6 Å². The summed E-state index contributed by atoms with van der Waals surface area (Å²) in [7, 11) is 0. The third-order valence-electron chi connectivity index (χ3n) is 5.63. The minimum atomic E-state index is -0.0581. The zero-order chi connectivity index (χ0) is 21.9. The molecule has 0 spiro atoms. The zero-order valence-corrected chi connectivity index (χ0v) is 18.3. The van der Waals surface area contributed by atoms with E-state index in [2.05, 4.69) is 6.07 Å². The van der Waals surface area contributed by atoms with Crippen molar-refractivity contribution in [3.63, 3.8) is 0 Å². The van der Waals surface area contributed by atoms with Gasteiger partial charge in [-0.15, -0.1) is 0 Å². The van der Waals surface area contributed by atoms with Crippen molar-refractivity contribution in [2.45, 2.75) is 25.5 Å². The number of carbonyl (C=O) groups is 1. The number of nitriles is 1. The van der Waals surface area contributed by atoms with Crippen LogP contribution in [0.25, 0.3) is 17.0 Å². The van der Waals surface area contributed by atoms with Crippen LogP contribution in [0.1, 0.15) is 18.4 Å². The smallest absolute Gasteiger partial charge is 0.266 e. The number of fused-ring (bicyclic) bond motifs is 1. The maximum absolute atomic E-state index is 13.4. The Morgan fingerprint density at radius 2 is 2.00 bits per heavy atom. The van der Waals surface area contributed by atoms with Gasteiger partial charge in [0, 0.05) is 29.3 Å². The summed E-state index contributed by atoms with van der Waals surface area (Å²) in [5.74, 6) is -0.0581. The summed E-state index contributed by atoms with van der Waals surface area (Å²) in [6.07, 6.45) is 5.86. The molecule has 5 rings (SSSR count). The molecule has 2 aliphatic heterocycles. The molecular formula is C25H22N4O2S. The summed E-state index contributed by atoms with van der Waals surface area (Å²) in [4.78, 5) is 20.5. The highest BCUT2D eigenvalue weighted by molar-refractivity contribution is 8.18. The third kappa shape index (κ3) is 4.07. The van der Waals surface area contributed by atoms with E-state index in [9.17, 15) is 10.1 Å². The van der Waals surface area contributed by atoms with Crippen LogP contribution in [-0.2, 0) is 16.1 Å². The molecule has 1 aromatic heterocycles. The highest BCUT2D eigenvalue weighted by atomic mass is 32.2. The van der Waals surface area contributed by atoms with E-state index < -0.39 is 0 Å². The number of aromatic nitrogens is 1. The molecule has 7 heteroatoms. The first-order valence-corrected chi connectivity index (χ1v) is 11.5. The van der Waals surface area contributed by atoms with Crippen LogP contribution in [0.4, 0.5) is 5.69 Å². The van der Waals surface area contributed by atoms with Gasteiger partial charge in [-0.2, -0.15) is 5.26 Å². The largest absolute Gasteiger partial charge is 0.376 e. The fourth-order valence-electron chi connectivity index (χ4n) is 4.10. The minimum Gasteiger partial charge on any atom is -0.376 e. The van der Waals surface area contributed by atoms with Gasteiger partial charge >= 0.3 is 0 Å². The first-order valence-electron chi connectivity index (χ1n) is 10.6. The molecule has 1 amide bonds. The van der Waals surface area contributed by atoms with Crippen LogP contribution in [0.2, 0.25) is 0 Å². The maximum atomic E-state index is 13.4. The number of ether oxygens (including phenoxy) is 1. The van der Waals surface area contributed by atoms with E-state index in [-0.39, 0.29) is 18.6 Å². The van der Waals surface area contributed by atoms with Crippen molar-refractivity contribution in [1.29, 1.82) is 5.26 Å². The molecule has 160 valence electrons. The monoisotopic (exact) mass is 442 g/mol. The van der Waals surface area contributed by atoms with Crippen molar-refractivity contribution in [2.24, 2.45) is 4.99 Å². The number of amidine groups is 1. The maximum Gasteiger partial charge on any atom is 0.266 e. The average Bonchev–Trinajstić information content (AvgIpc) is 3.52. The van der Waals surface area contributed by atoms with E-state index in [1.54, 1.807) is 4.90 Å². The summed E-state index contributed by atoms with van der Waals surface area (Å²) in [6.45, 7) is 1.51. The standard InChI is InChI=1S/C25H22N4O2S/c26-12-13-28-16-18(21-10-4-5-11-22(21)28)15-23-24(30)29(17-20-9-6-14-31-20)25(32-23)27-19-7-2-1-3-8-19/h1-5,7-8,10-11,15-16,20H,6,9,13-14,17H2. The fourth-order valence-corrected chi connectivity index (χ4v) is 5.09. The number of carbonyl (C=O) groups excluding carboxylic acids is 1. The van der Waals surface area contributed by atoms with Crippen LogP contribution < -0.4 is 0 Å². The molecule has 0 aliphatic carbocycles. The number of hydrogen-bond donors (Lipinski definition) is 0. The Morgan fingerprint density at radius 1 is 1.19 bits per heavy atom. The van der Waals surface area contributed by atoms with Gasteiger partial charge < -0.3 is 9.30 Å². The number of benzene rings is 2. The first-order chi connectivity index (χ1) is 15.7. The van der Waals surface area contributed by atoms with Gasteiger partial charge in [0.1, 0.15) is 6.54 Å². The van der Waals surface area contributed by atoms with Crippen molar-refractivity contribution < 1.29 is 9.53 Å². The molecular weight excluding hydrogens is 420 g/mol. The predicted molar refractivity (Wildman–Crippen MR) is 127 cm³/mol. The van der Waals surface area contributed by atoms with Crippen LogP contribution in [0, 0.1) is 11.3 Å². The van der Waals surface area contributed by atoms with Crippen LogP contribution in [0.5, 0.6) is 0 Å². The normalized spacial score (nSPS) is 21.2. The summed E-state index contributed by atoms with van der Waals surface area (Å²) in [5, 5.41) is 10.9. The number of hydrogen-bond acceptors (Lipinski definition) is 5. The van der Waals surface area contributed by atoms with E-state index in [0.29, 0.717) is 16.6 Å². The van der Waals surface area contributed by atoms with E-state index >= 15 is 0 Å². The second kappa shape index (κ2) is 9.03. The molecule has 6 nitrogen and oxygen atoms in total. The molecule has 0 N–H and O–H groups in total. The Balaban J connectivity index is 1.53. The second-order valence-electron chi connectivity index (χ2n) is 7.78. The lowest BCUT2D eigenvalue weighted by atomic mass is 10.1. The van der Waals surface area contributed by atoms with Crippen LogP contribution in [-0.4, -0.2) is 39.8 Å². The van der Waals surface area contributed by atoms with Gasteiger partial charge in [-0.1, -0.05) is 36.4 Å². The van der Waals surface area contributed by atoms with Gasteiger partial charge in [0.25, 0.3) is 5.91 Å². The Morgan fingerprint density at radius 3 is 2.78 bits per heavy atom. The van der Waals surface area contributed by atoms with Crippen molar-refractivity contribution >= 4 is 45.5 Å². The molecule has 3 aromatic rings. The molecule has 2 aromatic carbocycles. The Bertz CT molecular complexity index is 1250. The number of nitrogens with zero attached hydrogens (tertiary/aromatic N) is 4. The molecule has 2 aliphatic rings. The summed E-state index contributed by atoms with van der Waals surface area (Å²) in [6, 6.07) is 19.8. The van der Waals surface area contributed by atoms with E-state index in [4.69, 9.17) is 9.73 Å². The highest BCUT2D eigenvalue weighted by Gasteiger charge is 2.36. The van der Waals surface area contributed by atoms with Crippen molar-refractivity contribution in [3.05, 3.63) is 71.3 Å². The van der Waals surface area contributed by atoms with Gasteiger partial charge in [0.15, 0.2) is 5.17 Å². The summed E-state index contributed by atoms with van der Waals surface area (Å²) < 4.78 is 7.70. The highest BCUT2D eigenvalue weighted by Crippen LogP contribution is 2.36. The average molecular weight is 443 g/mol. The molecule has 0 saturated carbocycles. The molecule has 0 bridgehead atoms. The van der Waals surface area contributed by atoms with Crippen molar-refractivity contribution in [1.82, 2.24) is 9.47 Å². The zero-order valence-electron chi connectivity index (χ0n) is 17.5. The van der Waals surface area contributed by atoms with E-state index in [1.807, 2.05) is 71.4 Å². The van der Waals surface area contributed by atoms with E-state index in [1.165, 1.54) is 11.8 Å². The van der Waals surface area contributed by atoms with Gasteiger partial charge in [-0.05, 0) is 48.9 Å². The molecule has 2 saturated heterocycles. The number of thioether (sulfide) groups is 1. The summed E-state index contributed by atoms with van der Waals surface area (Å²) in [5.41, 5.74) is 2.71. The molecule has 1 unspecified atom stereocenters. The third-order valence-corrected chi connectivity index (χ3v) is 6.63. The first kappa shape index (κ1) is 20.6. The minimum absolute atomic E-state index is 0.0393. The van der Waals surface area contributed by atoms with Crippen LogP contribution in [0.15, 0.2) is 70.7 Å². The quantitative estimate of drug-likeness (QED) is 0.524. The molecule has 3 heterocycles. The number of para-hydroxylation sites is 2. The van der Waals surface area contributed by atoms with Crippen LogP contribution in [0.3, 0.4) is 0 Å². The fraction of sp³-hybridized carbons (Fsp3) is 0.240. The Labute approximate surface area is 190 Å². The van der Waals surface area contributed by atoms with Gasteiger partial charge in [0.05, 0.1) is 29.3 Å². The lowest BCUT2D eigenvalue weighted by molar-refractivity contribution is -0.123. The van der Waals surface area contributed by atoms with E-state index in [0.717, 1.165) is 41.6 Å².